The minimum atomic E-state index is -1.38. The Morgan fingerprint density at radius 1 is 1.29 bits per heavy atom. The van der Waals surface area contributed by atoms with Crippen LogP contribution in [0.1, 0.15) is 45.0 Å². The minimum Gasteiger partial charge on any atom is -0.478 e. The summed E-state index contributed by atoms with van der Waals surface area (Å²) < 4.78 is 6.34. The molecular formula is C20H24N4O7. The van der Waals surface area contributed by atoms with Gasteiger partial charge in [-0.1, -0.05) is 0 Å². The van der Waals surface area contributed by atoms with Gasteiger partial charge >= 0.3 is 11.9 Å². The number of nitro groups is 1. The maximum atomic E-state index is 13.0. The van der Waals surface area contributed by atoms with E-state index < -0.39 is 40.3 Å². The number of esters is 1. The molecule has 31 heavy (non-hydrogen) atoms. The van der Waals surface area contributed by atoms with Gasteiger partial charge < -0.3 is 15.2 Å². The molecule has 1 heterocycles. The van der Waals surface area contributed by atoms with Gasteiger partial charge in [0, 0.05) is 23.7 Å². The van der Waals surface area contributed by atoms with Gasteiger partial charge in [0.05, 0.1) is 22.4 Å². The first-order valence-corrected chi connectivity index (χ1v) is 9.40. The molecule has 2 N–H and O–H groups in total. The second-order valence-corrected chi connectivity index (χ2v) is 8.10. The second-order valence-electron chi connectivity index (χ2n) is 8.10. The number of carbonyl (C=O) groups excluding carboxylic acids is 1. The van der Waals surface area contributed by atoms with Gasteiger partial charge in [-0.05, 0) is 40.7 Å². The van der Waals surface area contributed by atoms with E-state index in [-0.39, 0.29) is 28.7 Å². The van der Waals surface area contributed by atoms with E-state index in [4.69, 9.17) is 4.74 Å². The number of aromatic nitrogens is 2. The Hall–Kier alpha value is -3.76. The van der Waals surface area contributed by atoms with Crippen LogP contribution in [0.25, 0.3) is 11.3 Å². The summed E-state index contributed by atoms with van der Waals surface area (Å²) in [4.78, 5) is 51.5. The molecule has 0 saturated carbocycles. The van der Waals surface area contributed by atoms with Crippen molar-refractivity contribution < 1.29 is 24.4 Å². The zero-order chi connectivity index (χ0) is 23.5. The lowest BCUT2D eigenvalue weighted by Crippen LogP contribution is -2.33. The molecule has 0 saturated heterocycles. The van der Waals surface area contributed by atoms with Crippen molar-refractivity contribution >= 4 is 23.4 Å². The van der Waals surface area contributed by atoms with Gasteiger partial charge in [0.25, 0.3) is 11.2 Å². The Morgan fingerprint density at radius 3 is 2.45 bits per heavy atom. The summed E-state index contributed by atoms with van der Waals surface area (Å²) in [6, 6.07) is 3.07. The Bertz CT molecular complexity index is 1050. The number of nitro benzene ring substituents is 1. The fourth-order valence-corrected chi connectivity index (χ4v) is 2.74. The van der Waals surface area contributed by atoms with E-state index in [1.165, 1.54) is 12.3 Å². The third-order valence-electron chi connectivity index (χ3n) is 3.86. The predicted molar refractivity (Wildman–Crippen MR) is 112 cm³/mol. The van der Waals surface area contributed by atoms with Crippen LogP contribution in [0.15, 0.2) is 29.2 Å². The van der Waals surface area contributed by atoms with Crippen molar-refractivity contribution in [3.63, 3.8) is 0 Å². The van der Waals surface area contributed by atoms with Gasteiger partial charge in [-0.2, -0.15) is 0 Å². The van der Waals surface area contributed by atoms with E-state index in [9.17, 15) is 29.6 Å². The van der Waals surface area contributed by atoms with Crippen LogP contribution in [0.5, 0.6) is 0 Å². The first kappa shape index (κ1) is 23.5. The molecule has 0 atom stereocenters. The van der Waals surface area contributed by atoms with Crippen LogP contribution in [0, 0.1) is 10.1 Å². The van der Waals surface area contributed by atoms with Crippen LogP contribution < -0.4 is 10.9 Å². The Morgan fingerprint density at radius 2 is 1.94 bits per heavy atom. The lowest BCUT2D eigenvalue weighted by Gasteiger charge is -2.21. The van der Waals surface area contributed by atoms with E-state index in [2.05, 4.69) is 10.3 Å². The van der Waals surface area contributed by atoms with Crippen molar-refractivity contribution in [3.8, 4) is 11.3 Å². The molecule has 0 unspecified atom stereocenters. The number of non-ortho nitro benzene ring substituents is 1. The number of carboxylic acids is 1. The van der Waals surface area contributed by atoms with Crippen LogP contribution in [0.2, 0.25) is 0 Å². The molecule has 0 radical (unpaired) electrons. The number of hydrogen-bond acceptors (Lipinski definition) is 8. The molecule has 0 aliphatic carbocycles. The molecule has 0 aliphatic rings. The van der Waals surface area contributed by atoms with Gasteiger partial charge in [0.15, 0.2) is 5.82 Å². The highest BCUT2D eigenvalue weighted by Crippen LogP contribution is 2.26. The summed E-state index contributed by atoms with van der Waals surface area (Å²) in [6.45, 7) is 8.12. The normalized spacial score (nSPS) is 11.3. The maximum absolute atomic E-state index is 13.0. The summed E-state index contributed by atoms with van der Waals surface area (Å²) in [5.74, 6) is -2.11. The average Bonchev–Trinajstić information content (AvgIpc) is 2.62. The van der Waals surface area contributed by atoms with Crippen molar-refractivity contribution in [1.29, 1.82) is 0 Å². The van der Waals surface area contributed by atoms with E-state index in [1.807, 2.05) is 0 Å². The Balaban J connectivity index is 2.70. The number of rotatable bonds is 7. The number of nitrogens with zero attached hydrogens (tertiary/aromatic N) is 3. The van der Waals surface area contributed by atoms with E-state index >= 15 is 0 Å². The molecule has 11 heteroatoms. The van der Waals surface area contributed by atoms with E-state index in [0.717, 1.165) is 16.7 Å². The molecule has 0 aliphatic heterocycles. The molecular weight excluding hydrogens is 408 g/mol. The topological polar surface area (TPSA) is 154 Å². The van der Waals surface area contributed by atoms with Crippen molar-refractivity contribution in [2.24, 2.45) is 0 Å². The lowest BCUT2D eigenvalue weighted by molar-refractivity contribution is -0.384. The lowest BCUT2D eigenvalue weighted by atomic mass is 10.1. The van der Waals surface area contributed by atoms with Crippen molar-refractivity contribution in [3.05, 3.63) is 50.4 Å². The van der Waals surface area contributed by atoms with Crippen LogP contribution >= 0.6 is 0 Å². The quantitative estimate of drug-likeness (QED) is 0.382. The standard InChI is InChI=1S/C20H24N4O7/c1-11(2)22-17-18(26)23(10-16(25)31-20(3,4)5)15(9-21-17)12-6-13(19(27)28)8-14(7-12)24(29)30/h6-9,11H,10H2,1-5H3,(H,21,22)(H,27,28). The summed E-state index contributed by atoms with van der Waals surface area (Å²) in [6.07, 6.45) is 1.25. The molecule has 166 valence electrons. The second kappa shape index (κ2) is 8.94. The Kier molecular flexibility index (Phi) is 6.78. The highest BCUT2D eigenvalue weighted by molar-refractivity contribution is 5.90. The highest BCUT2D eigenvalue weighted by atomic mass is 16.6. The number of nitrogens with one attached hydrogen (secondary N) is 1. The van der Waals surface area contributed by atoms with Gasteiger partial charge in [-0.3, -0.25) is 24.3 Å². The minimum absolute atomic E-state index is 0.0220. The first-order chi connectivity index (χ1) is 14.3. The fraction of sp³-hybridized carbons (Fsp3) is 0.400. The largest absolute Gasteiger partial charge is 0.478 e. The summed E-state index contributed by atoms with van der Waals surface area (Å²) in [5, 5.41) is 23.5. The van der Waals surface area contributed by atoms with Crippen molar-refractivity contribution in [2.75, 3.05) is 5.32 Å². The predicted octanol–water partition coefficient (Wildman–Crippen LogP) is 2.68. The molecule has 2 aromatic rings. The van der Waals surface area contributed by atoms with Crippen LogP contribution in [0.3, 0.4) is 0 Å². The van der Waals surface area contributed by atoms with Gasteiger partial charge in [-0.25, -0.2) is 9.78 Å². The molecule has 2 rings (SSSR count). The highest BCUT2D eigenvalue weighted by Gasteiger charge is 2.22. The van der Waals surface area contributed by atoms with E-state index in [0.29, 0.717) is 0 Å². The zero-order valence-corrected chi connectivity index (χ0v) is 17.8. The zero-order valence-electron chi connectivity index (χ0n) is 17.8. The number of carbonyl (C=O) groups is 2. The number of carboxylic acid groups (broad SMARTS) is 1. The molecule has 0 spiro atoms. The van der Waals surface area contributed by atoms with E-state index in [1.54, 1.807) is 34.6 Å². The SMILES string of the molecule is CC(C)Nc1ncc(-c2cc(C(=O)O)cc([N+](=O)[O-])c2)n(CC(=O)OC(C)(C)C)c1=O. The molecule has 0 bridgehead atoms. The molecule has 1 aromatic carbocycles. The number of aromatic carboxylic acids is 1. The average molecular weight is 432 g/mol. The monoisotopic (exact) mass is 432 g/mol. The molecule has 0 amide bonds. The van der Waals surface area contributed by atoms with Crippen LogP contribution in [0.4, 0.5) is 11.5 Å². The Labute approximate surface area is 177 Å². The van der Waals surface area contributed by atoms with Crippen LogP contribution in [-0.2, 0) is 16.1 Å². The summed E-state index contributed by atoms with van der Waals surface area (Å²) in [7, 11) is 0. The van der Waals surface area contributed by atoms with Crippen LogP contribution in [-0.4, -0.2) is 43.2 Å². The molecule has 0 fully saturated rings. The smallest absolute Gasteiger partial charge is 0.335 e. The number of anilines is 1. The fourth-order valence-electron chi connectivity index (χ4n) is 2.74. The van der Waals surface area contributed by atoms with Gasteiger partial charge in [-0.15, -0.1) is 0 Å². The third-order valence-corrected chi connectivity index (χ3v) is 3.86. The van der Waals surface area contributed by atoms with Crippen molar-refractivity contribution in [2.45, 2.75) is 52.8 Å². The summed E-state index contributed by atoms with van der Waals surface area (Å²) in [5.41, 5.74) is -2.18. The van der Waals surface area contributed by atoms with Gasteiger partial charge in [0.1, 0.15) is 12.1 Å². The van der Waals surface area contributed by atoms with Gasteiger partial charge in [0.2, 0.25) is 0 Å². The van der Waals surface area contributed by atoms with Crippen molar-refractivity contribution in [1.82, 2.24) is 9.55 Å². The number of benzene rings is 1. The first-order valence-electron chi connectivity index (χ1n) is 9.40. The maximum Gasteiger partial charge on any atom is 0.335 e. The summed E-state index contributed by atoms with van der Waals surface area (Å²) >= 11 is 0. The third kappa shape index (κ3) is 6.11. The molecule has 1 aromatic heterocycles. The number of hydrogen-bond donors (Lipinski definition) is 2. The molecule has 11 nitrogen and oxygen atoms in total. The number of ether oxygens (including phenoxy) is 1.